The highest BCUT2D eigenvalue weighted by atomic mass is 32.2. The van der Waals surface area contributed by atoms with Crippen LogP contribution in [0.4, 0.5) is 0 Å². The van der Waals surface area contributed by atoms with Gasteiger partial charge in [-0.15, -0.1) is 0 Å². The summed E-state index contributed by atoms with van der Waals surface area (Å²) in [6.45, 7) is 4.27. The van der Waals surface area contributed by atoms with Gasteiger partial charge in [-0.2, -0.15) is 18.4 Å². The summed E-state index contributed by atoms with van der Waals surface area (Å²) < 4.78 is 55.6. The highest BCUT2D eigenvalue weighted by Crippen LogP contribution is 2.34. The van der Waals surface area contributed by atoms with Gasteiger partial charge in [-0.1, -0.05) is 86.8 Å². The molecule has 0 spiro atoms. The standard InChI is InChI=1S/C15H10N2O2.C12H14O9S.C8H12N2O2.C8H18O5.C4H10O2/c18-11-16-15(17-12-19,13-7-3-1-4-8-13)14-9-5-2-6-10-14;13-1-3-20-11(15)8-5-9(12(16)21-4-2-14)7-10(6-8)22(17,18)19;11-7-9-5-3-1-2-4-6-10-8-12;9-1-3-11-5-7-13-8-6-12-4-2-10;1-2-3-4(5)6/h1-10H;5-7,13-14H,1-4H2,(H,17,18,19);1-6H2;9-10H,1-8H2;4-6H,2-3H2,1H3. The normalized spacial score (nSPS) is 10.2. The third-order valence-electron chi connectivity index (χ3n) is 8.27. The Hall–Kier alpha value is -6.33. The van der Waals surface area contributed by atoms with E-state index in [4.69, 9.17) is 49.4 Å². The van der Waals surface area contributed by atoms with Gasteiger partial charge in [-0.05, 0) is 37.5 Å². The molecule has 398 valence electrons. The number of rotatable bonds is 30. The molecule has 3 aromatic carbocycles. The molecule has 0 aliphatic carbocycles. The predicted molar refractivity (Wildman–Crippen MR) is 255 cm³/mol. The Bertz CT molecular complexity index is 2070. The first-order chi connectivity index (χ1) is 34.7. The van der Waals surface area contributed by atoms with Crippen molar-refractivity contribution in [1.82, 2.24) is 0 Å². The molecule has 0 radical (unpaired) electrons. The summed E-state index contributed by atoms with van der Waals surface area (Å²) in [6, 6.07) is 20.4. The van der Waals surface area contributed by atoms with Crippen molar-refractivity contribution in [1.29, 1.82) is 0 Å². The van der Waals surface area contributed by atoms with E-state index in [0.717, 1.165) is 50.3 Å². The van der Waals surface area contributed by atoms with Crippen molar-refractivity contribution >= 4 is 46.4 Å². The zero-order valence-corrected chi connectivity index (χ0v) is 40.7. The van der Waals surface area contributed by atoms with E-state index in [2.05, 4.69) is 29.4 Å². The molecule has 0 saturated heterocycles. The largest absolute Gasteiger partial charge is 0.460 e. The highest BCUT2D eigenvalue weighted by Gasteiger charge is 2.34. The van der Waals surface area contributed by atoms with Gasteiger partial charge in [0.05, 0.1) is 95.2 Å². The van der Waals surface area contributed by atoms with Crippen LogP contribution in [0.5, 0.6) is 0 Å². The van der Waals surface area contributed by atoms with Crippen LogP contribution in [0.1, 0.15) is 77.3 Å². The monoisotopic (exact) mass is 1040 g/mol. The van der Waals surface area contributed by atoms with Crippen molar-refractivity contribution in [3.05, 3.63) is 101 Å². The van der Waals surface area contributed by atoms with Crippen LogP contribution in [0.2, 0.25) is 0 Å². The molecule has 25 heteroatoms. The van der Waals surface area contributed by atoms with E-state index in [0.29, 0.717) is 70.3 Å². The first-order valence-electron chi connectivity index (χ1n) is 22.1. The molecule has 72 heavy (non-hydrogen) atoms. The van der Waals surface area contributed by atoms with Crippen LogP contribution in [0.3, 0.4) is 0 Å². The molecular weight excluding hydrogens is 973 g/mol. The summed E-state index contributed by atoms with van der Waals surface area (Å²) in [6.07, 6.45) is 10.0. The molecule has 0 aromatic heterocycles. The van der Waals surface area contributed by atoms with Crippen molar-refractivity contribution in [2.75, 3.05) is 92.4 Å². The average Bonchev–Trinajstić information content (AvgIpc) is 3.38. The lowest BCUT2D eigenvalue weighted by Crippen LogP contribution is -2.22. The van der Waals surface area contributed by atoms with Crippen LogP contribution in [-0.2, 0) is 58.6 Å². The van der Waals surface area contributed by atoms with E-state index in [1.165, 1.54) is 24.3 Å². The number of benzene rings is 3. The number of esters is 2. The van der Waals surface area contributed by atoms with Crippen molar-refractivity contribution in [2.24, 2.45) is 20.0 Å². The molecule has 24 nitrogen and oxygen atoms in total. The first-order valence-corrected chi connectivity index (χ1v) is 23.5. The quantitative estimate of drug-likeness (QED) is 0.0126. The maximum atomic E-state index is 11.7. The number of hydrogen-bond acceptors (Lipinski definition) is 23. The average molecular weight is 1040 g/mol. The van der Waals surface area contributed by atoms with Crippen LogP contribution >= 0.6 is 0 Å². The fraction of sp³-hybridized carbons (Fsp3) is 0.489. The summed E-state index contributed by atoms with van der Waals surface area (Å²) in [5.74, 6) is -1.98. The Kier molecular flexibility index (Phi) is 43.1. The molecule has 3 aromatic rings. The Morgan fingerprint density at radius 3 is 1.24 bits per heavy atom. The van der Waals surface area contributed by atoms with Gasteiger partial charge >= 0.3 is 11.9 Å². The summed E-state index contributed by atoms with van der Waals surface area (Å²) in [5, 5.41) is 50.1. The van der Waals surface area contributed by atoms with Gasteiger partial charge in [0.15, 0.2) is 6.29 Å². The topological polar surface area (TPSA) is 374 Å². The molecule has 0 atom stereocenters. The number of nitrogens with zero attached hydrogens (tertiary/aromatic N) is 4. The molecular formula is C47H64N4O20S. The van der Waals surface area contributed by atoms with Gasteiger partial charge in [0, 0.05) is 11.1 Å². The minimum Gasteiger partial charge on any atom is -0.460 e. The maximum Gasteiger partial charge on any atom is 0.338 e. The number of unbranched alkanes of at least 4 members (excludes halogenated alkanes) is 3. The Morgan fingerprint density at radius 1 is 0.569 bits per heavy atom. The molecule has 0 aliphatic rings. The molecule has 7 N–H and O–H groups in total. The lowest BCUT2D eigenvalue weighted by atomic mass is 9.92. The maximum absolute atomic E-state index is 11.7. The molecule has 0 amide bonds. The van der Waals surface area contributed by atoms with Gasteiger partial charge in [-0.25, -0.2) is 38.8 Å². The second kappa shape index (κ2) is 45.8. The Labute approximate surface area is 417 Å². The minimum atomic E-state index is -4.67. The molecule has 3 rings (SSSR count). The van der Waals surface area contributed by atoms with E-state index >= 15 is 0 Å². The van der Waals surface area contributed by atoms with E-state index < -0.39 is 52.1 Å². The third-order valence-corrected chi connectivity index (χ3v) is 9.10. The van der Waals surface area contributed by atoms with E-state index in [1.807, 2.05) is 19.1 Å². The fourth-order valence-electron chi connectivity index (χ4n) is 5.11. The third kappa shape index (κ3) is 34.1. The van der Waals surface area contributed by atoms with Gasteiger partial charge < -0.3 is 54.3 Å². The van der Waals surface area contributed by atoms with Crippen molar-refractivity contribution in [3.8, 4) is 0 Å². The van der Waals surface area contributed by atoms with Crippen LogP contribution in [0, 0.1) is 0 Å². The molecule has 0 bridgehead atoms. The molecule has 0 aliphatic heterocycles. The van der Waals surface area contributed by atoms with Gasteiger partial charge in [0.2, 0.25) is 30.0 Å². The van der Waals surface area contributed by atoms with E-state index in [-0.39, 0.29) is 37.6 Å². The summed E-state index contributed by atoms with van der Waals surface area (Å²) >= 11 is 0. The van der Waals surface area contributed by atoms with Crippen molar-refractivity contribution < 1.29 is 96.1 Å². The lowest BCUT2D eigenvalue weighted by molar-refractivity contribution is -0.0454. The molecule has 0 fully saturated rings. The van der Waals surface area contributed by atoms with Gasteiger partial charge in [0.1, 0.15) is 13.2 Å². The summed E-state index contributed by atoms with van der Waals surface area (Å²) in [4.78, 5) is 77.8. The van der Waals surface area contributed by atoms with Crippen LogP contribution in [-0.4, -0.2) is 179 Å². The van der Waals surface area contributed by atoms with E-state index in [9.17, 15) is 37.2 Å². The molecule has 0 saturated carbocycles. The van der Waals surface area contributed by atoms with Crippen LogP contribution < -0.4 is 0 Å². The summed E-state index contributed by atoms with van der Waals surface area (Å²) in [7, 11) is -4.67. The Balaban J connectivity index is 0. The number of hydrogen-bond donors (Lipinski definition) is 7. The van der Waals surface area contributed by atoms with Crippen molar-refractivity contribution in [2.45, 2.75) is 62.3 Å². The highest BCUT2D eigenvalue weighted by molar-refractivity contribution is 7.85. The van der Waals surface area contributed by atoms with Crippen molar-refractivity contribution in [3.63, 3.8) is 0 Å². The smallest absolute Gasteiger partial charge is 0.338 e. The second-order valence-corrected chi connectivity index (χ2v) is 15.1. The molecule has 0 heterocycles. The minimum absolute atomic E-state index is 0.0413. The predicted octanol–water partition coefficient (Wildman–Crippen LogP) is 2.13. The number of aliphatic imine (C=N–C) groups is 4. The number of carbonyl (C=O) groups is 2. The Morgan fingerprint density at radius 2 is 0.944 bits per heavy atom. The number of ether oxygens (including phenoxy) is 5. The van der Waals surface area contributed by atoms with E-state index in [1.54, 1.807) is 48.5 Å². The number of isocyanates is 4. The summed E-state index contributed by atoms with van der Waals surface area (Å²) in [5.41, 5.74) is -0.841. The van der Waals surface area contributed by atoms with Gasteiger partial charge in [0.25, 0.3) is 10.1 Å². The SMILES string of the molecule is CCCC(O)O.O=C(OCCO)c1cc(C(=O)OCCO)cc(S(=O)(=O)O)c1.O=C=NC(N=C=O)(c1ccccc1)c1ccccc1.O=C=NCCCCCCN=C=O.OCCOCCOCCOCCO. The zero-order valence-electron chi connectivity index (χ0n) is 39.9. The van der Waals surface area contributed by atoms with Gasteiger partial charge in [-0.3, -0.25) is 4.55 Å². The number of carbonyl (C=O) groups excluding carboxylic acids is 6. The number of aliphatic hydroxyl groups excluding tert-OH is 5. The second-order valence-electron chi connectivity index (χ2n) is 13.7. The first kappa shape index (κ1) is 67.7. The van der Waals surface area contributed by atoms with Crippen LogP contribution in [0.15, 0.2) is 104 Å². The lowest BCUT2D eigenvalue weighted by Gasteiger charge is -2.22. The fourth-order valence-corrected chi connectivity index (χ4v) is 5.66. The van der Waals surface area contributed by atoms with Crippen LogP contribution in [0.25, 0.3) is 0 Å². The zero-order chi connectivity index (χ0) is 54.1. The molecule has 0 unspecified atom stereocenters. The number of aliphatic hydroxyl groups is 6.